The third-order valence-electron chi connectivity index (χ3n) is 5.43. The lowest BCUT2D eigenvalue weighted by Crippen LogP contribution is -2.51. The number of carbonyl (C=O) groups is 1. The summed E-state index contributed by atoms with van der Waals surface area (Å²) in [7, 11) is 0. The van der Waals surface area contributed by atoms with Crippen molar-refractivity contribution >= 4 is 6.09 Å². The van der Waals surface area contributed by atoms with E-state index in [2.05, 4.69) is 37.5 Å². The monoisotopic (exact) mass is 367 g/mol. The van der Waals surface area contributed by atoms with E-state index in [0.29, 0.717) is 11.8 Å². The van der Waals surface area contributed by atoms with Gasteiger partial charge < -0.3 is 14.5 Å². The van der Waals surface area contributed by atoms with E-state index in [-0.39, 0.29) is 12.2 Å². The van der Waals surface area contributed by atoms with E-state index in [1.165, 1.54) is 32.4 Å². The van der Waals surface area contributed by atoms with Crippen LogP contribution in [0.2, 0.25) is 0 Å². The van der Waals surface area contributed by atoms with Crippen molar-refractivity contribution in [3.63, 3.8) is 0 Å². The number of nitrogens with zero attached hydrogens (tertiary/aromatic N) is 3. The molecule has 0 aromatic heterocycles. The lowest BCUT2D eigenvalue weighted by Gasteiger charge is -2.36. The van der Waals surface area contributed by atoms with Gasteiger partial charge >= 0.3 is 6.09 Å². The highest BCUT2D eigenvalue weighted by Crippen LogP contribution is 2.21. The van der Waals surface area contributed by atoms with Crippen molar-refractivity contribution in [1.29, 1.82) is 0 Å². The molecule has 2 rings (SSSR count). The van der Waals surface area contributed by atoms with E-state index in [4.69, 9.17) is 4.74 Å². The van der Waals surface area contributed by atoms with E-state index in [0.717, 1.165) is 52.1 Å². The average molecular weight is 368 g/mol. The van der Waals surface area contributed by atoms with Gasteiger partial charge in [0.15, 0.2) is 0 Å². The first-order chi connectivity index (χ1) is 12.4. The molecule has 1 heterocycles. The summed E-state index contributed by atoms with van der Waals surface area (Å²) in [5, 5.41) is 0. The fourth-order valence-corrected chi connectivity index (χ4v) is 4.13. The Kier molecular flexibility index (Phi) is 9.20. The van der Waals surface area contributed by atoms with Crippen molar-refractivity contribution < 1.29 is 9.53 Å². The highest BCUT2D eigenvalue weighted by molar-refractivity contribution is 5.68. The average Bonchev–Trinajstić information content (AvgIpc) is 2.60. The van der Waals surface area contributed by atoms with Crippen LogP contribution < -0.4 is 0 Å². The molecule has 0 atom stereocenters. The molecule has 2 aliphatic rings. The highest BCUT2D eigenvalue weighted by atomic mass is 16.6. The van der Waals surface area contributed by atoms with Gasteiger partial charge in [0, 0.05) is 52.4 Å². The van der Waals surface area contributed by atoms with Crippen LogP contribution in [0.4, 0.5) is 4.79 Å². The third-order valence-corrected chi connectivity index (χ3v) is 5.43. The lowest BCUT2D eigenvalue weighted by atomic mass is 9.98. The van der Waals surface area contributed by atoms with Gasteiger partial charge in [-0.15, -0.1) is 0 Å². The number of hydrogen-bond donors (Lipinski definition) is 0. The Hall–Kier alpha value is -0.810. The van der Waals surface area contributed by atoms with E-state index in [1.807, 2.05) is 4.90 Å². The maximum atomic E-state index is 12.4. The molecule has 0 N–H and O–H groups in total. The molecule has 0 aromatic rings. The number of amides is 1. The van der Waals surface area contributed by atoms with Gasteiger partial charge in [-0.3, -0.25) is 4.90 Å². The second kappa shape index (κ2) is 11.1. The second-order valence-corrected chi connectivity index (χ2v) is 9.02. The summed E-state index contributed by atoms with van der Waals surface area (Å²) >= 11 is 0. The molecule has 1 saturated carbocycles. The van der Waals surface area contributed by atoms with Gasteiger partial charge in [-0.2, -0.15) is 0 Å². The molecule has 1 aliphatic carbocycles. The summed E-state index contributed by atoms with van der Waals surface area (Å²) in [6, 6.07) is 0. The zero-order valence-corrected chi connectivity index (χ0v) is 17.6. The lowest BCUT2D eigenvalue weighted by molar-refractivity contribution is 0.0315. The zero-order valence-electron chi connectivity index (χ0n) is 17.6. The molecule has 26 heavy (non-hydrogen) atoms. The Labute approximate surface area is 161 Å². The van der Waals surface area contributed by atoms with Gasteiger partial charge in [0.1, 0.15) is 6.10 Å². The maximum absolute atomic E-state index is 12.4. The summed E-state index contributed by atoms with van der Waals surface area (Å²) in [6.45, 7) is 17.3. The molecule has 152 valence electrons. The predicted molar refractivity (Wildman–Crippen MR) is 107 cm³/mol. The minimum atomic E-state index is -0.0854. The summed E-state index contributed by atoms with van der Waals surface area (Å²) in [4.78, 5) is 19.4. The van der Waals surface area contributed by atoms with Gasteiger partial charge in [0.25, 0.3) is 0 Å². The maximum Gasteiger partial charge on any atom is 0.410 e. The van der Waals surface area contributed by atoms with Gasteiger partial charge in [-0.25, -0.2) is 4.79 Å². The first kappa shape index (κ1) is 21.5. The SMILES string of the molecule is CC(C)CN(CCN1CCN(C(=O)OC2CCCCC2)CC1)CC(C)C. The Morgan fingerprint density at radius 1 is 0.962 bits per heavy atom. The standard InChI is InChI=1S/C21H41N3O2/c1-18(2)16-23(17-19(3)4)11-10-22-12-14-24(15-13-22)21(25)26-20-8-6-5-7-9-20/h18-20H,5-17H2,1-4H3. The van der Waals surface area contributed by atoms with Gasteiger partial charge in [-0.1, -0.05) is 34.1 Å². The Morgan fingerprint density at radius 2 is 1.54 bits per heavy atom. The molecule has 0 unspecified atom stereocenters. The van der Waals surface area contributed by atoms with Crippen LogP contribution in [0.3, 0.4) is 0 Å². The molecular formula is C21H41N3O2. The Morgan fingerprint density at radius 3 is 2.08 bits per heavy atom. The topological polar surface area (TPSA) is 36.0 Å². The van der Waals surface area contributed by atoms with E-state index < -0.39 is 0 Å². The molecule has 0 aromatic carbocycles. The molecule has 0 radical (unpaired) electrons. The number of carbonyl (C=O) groups excluding carboxylic acids is 1. The molecule has 2 fully saturated rings. The normalized spacial score (nSPS) is 20.3. The second-order valence-electron chi connectivity index (χ2n) is 9.02. The first-order valence-electron chi connectivity index (χ1n) is 10.8. The molecule has 5 nitrogen and oxygen atoms in total. The van der Waals surface area contributed by atoms with Crippen LogP contribution in [0.1, 0.15) is 59.8 Å². The molecule has 1 amide bonds. The van der Waals surface area contributed by atoms with Crippen molar-refractivity contribution in [2.24, 2.45) is 11.8 Å². The number of ether oxygens (including phenoxy) is 1. The summed E-state index contributed by atoms with van der Waals surface area (Å²) in [6.07, 6.45) is 5.87. The van der Waals surface area contributed by atoms with Crippen LogP contribution in [0, 0.1) is 11.8 Å². The Bertz CT molecular complexity index is 390. The number of piperazine rings is 1. The van der Waals surface area contributed by atoms with Crippen LogP contribution in [0.25, 0.3) is 0 Å². The van der Waals surface area contributed by atoms with Crippen molar-refractivity contribution in [2.75, 3.05) is 52.4 Å². The number of hydrogen-bond acceptors (Lipinski definition) is 4. The zero-order chi connectivity index (χ0) is 18.9. The fraction of sp³-hybridized carbons (Fsp3) is 0.952. The Balaban J connectivity index is 1.67. The van der Waals surface area contributed by atoms with Crippen LogP contribution in [-0.2, 0) is 4.74 Å². The van der Waals surface area contributed by atoms with Gasteiger partial charge in [0.05, 0.1) is 0 Å². The van der Waals surface area contributed by atoms with Crippen LogP contribution >= 0.6 is 0 Å². The largest absolute Gasteiger partial charge is 0.446 e. The number of rotatable bonds is 8. The van der Waals surface area contributed by atoms with Crippen molar-refractivity contribution in [1.82, 2.24) is 14.7 Å². The first-order valence-corrected chi connectivity index (χ1v) is 10.8. The summed E-state index contributed by atoms with van der Waals surface area (Å²) < 4.78 is 5.71. The van der Waals surface area contributed by atoms with Crippen molar-refractivity contribution in [2.45, 2.75) is 65.9 Å². The molecular weight excluding hydrogens is 326 g/mol. The van der Waals surface area contributed by atoms with Crippen LogP contribution in [0.5, 0.6) is 0 Å². The van der Waals surface area contributed by atoms with Crippen molar-refractivity contribution in [3.8, 4) is 0 Å². The quantitative estimate of drug-likeness (QED) is 0.655. The molecule has 1 aliphatic heterocycles. The third kappa shape index (κ3) is 7.83. The molecule has 5 heteroatoms. The van der Waals surface area contributed by atoms with Gasteiger partial charge in [0.2, 0.25) is 0 Å². The summed E-state index contributed by atoms with van der Waals surface area (Å²) in [5.41, 5.74) is 0. The van der Waals surface area contributed by atoms with Crippen molar-refractivity contribution in [3.05, 3.63) is 0 Å². The van der Waals surface area contributed by atoms with E-state index in [9.17, 15) is 4.79 Å². The van der Waals surface area contributed by atoms with E-state index in [1.54, 1.807) is 0 Å². The predicted octanol–water partition coefficient (Wildman–Crippen LogP) is 3.69. The minimum Gasteiger partial charge on any atom is -0.446 e. The highest BCUT2D eigenvalue weighted by Gasteiger charge is 2.25. The fourth-order valence-electron chi connectivity index (χ4n) is 4.13. The van der Waals surface area contributed by atoms with Crippen LogP contribution in [0.15, 0.2) is 0 Å². The van der Waals surface area contributed by atoms with E-state index >= 15 is 0 Å². The van der Waals surface area contributed by atoms with Crippen LogP contribution in [-0.4, -0.2) is 79.3 Å². The molecule has 1 saturated heterocycles. The minimum absolute atomic E-state index is 0.0854. The molecule has 0 bridgehead atoms. The molecule has 0 spiro atoms. The van der Waals surface area contributed by atoms with Gasteiger partial charge in [-0.05, 0) is 37.5 Å². The summed E-state index contributed by atoms with van der Waals surface area (Å²) in [5.74, 6) is 1.42. The smallest absolute Gasteiger partial charge is 0.410 e.